The van der Waals surface area contributed by atoms with Crippen molar-refractivity contribution >= 4 is 17.7 Å². The first-order valence-corrected chi connectivity index (χ1v) is 12.8. The van der Waals surface area contributed by atoms with Gasteiger partial charge in [0.1, 0.15) is 12.1 Å². The zero-order valence-corrected chi connectivity index (χ0v) is 21.5. The predicted octanol–water partition coefficient (Wildman–Crippen LogP) is 6.32. The summed E-state index contributed by atoms with van der Waals surface area (Å²) < 4.78 is 85.4. The van der Waals surface area contributed by atoms with Crippen LogP contribution >= 0.6 is 0 Å². The molecule has 0 atom stereocenters. The second-order valence-corrected chi connectivity index (χ2v) is 10.0. The number of rotatable bonds is 5. The normalized spacial score (nSPS) is 16.4. The van der Waals surface area contributed by atoms with Crippen molar-refractivity contribution in [1.82, 2.24) is 10.6 Å². The maximum absolute atomic E-state index is 13.4. The molecular formula is C29H25F6N3O3. The summed E-state index contributed by atoms with van der Waals surface area (Å²) in [5.74, 6) is -1.20. The molecule has 1 aliphatic carbocycles. The van der Waals surface area contributed by atoms with Gasteiger partial charge in [0, 0.05) is 11.6 Å². The molecule has 0 saturated carbocycles. The Morgan fingerprint density at radius 1 is 0.829 bits per heavy atom. The summed E-state index contributed by atoms with van der Waals surface area (Å²) in [6.07, 6.45) is -11.0. The molecule has 2 amide bonds. The number of alkyl carbamates (subject to hydrolysis) is 1. The molecule has 41 heavy (non-hydrogen) atoms. The van der Waals surface area contributed by atoms with E-state index >= 15 is 0 Å². The lowest BCUT2D eigenvalue weighted by Gasteiger charge is -2.36. The zero-order valence-electron chi connectivity index (χ0n) is 21.5. The molecule has 3 N–H and O–H groups in total. The minimum atomic E-state index is -5.08. The molecule has 5 rings (SSSR count). The summed E-state index contributed by atoms with van der Waals surface area (Å²) in [6.45, 7) is 0.499. The Balaban J connectivity index is 1.34. The second-order valence-electron chi connectivity index (χ2n) is 10.0. The molecule has 1 heterocycles. The van der Waals surface area contributed by atoms with Crippen LogP contribution in [0.1, 0.15) is 41.0 Å². The molecule has 0 unspecified atom stereocenters. The molecular weight excluding hydrogens is 552 g/mol. The number of amides is 2. The number of fused-ring (bicyclic) bond motifs is 3. The average molecular weight is 578 g/mol. The van der Waals surface area contributed by atoms with Gasteiger partial charge in [0.05, 0.1) is 11.1 Å². The van der Waals surface area contributed by atoms with Crippen LogP contribution in [0.15, 0.2) is 66.7 Å². The number of hydrogen-bond acceptors (Lipinski definition) is 4. The molecule has 1 fully saturated rings. The standard InChI is InChI=1S/C29H25F6N3O3/c30-28(31,32)17-13-18(29(33,34)35)15-19(14-17)37-25(39)27(9-11-36-12-10-27)38-26(40)41-16-24-22-7-3-1-5-20(22)21-6-2-4-8-23(21)24/h1-8,13-15,24,36H,9-12,16H2,(H,37,39)(H,38,40). The van der Waals surface area contributed by atoms with E-state index in [9.17, 15) is 35.9 Å². The number of anilines is 1. The third-order valence-corrected chi connectivity index (χ3v) is 7.42. The molecule has 1 aliphatic heterocycles. The summed E-state index contributed by atoms with van der Waals surface area (Å²) in [5.41, 5.74) is -1.46. The molecule has 2 aliphatic rings. The fraction of sp³-hybridized carbons (Fsp3) is 0.310. The molecule has 12 heteroatoms. The Morgan fingerprint density at radius 3 is 1.85 bits per heavy atom. The minimum absolute atomic E-state index is 0.0229. The van der Waals surface area contributed by atoms with Gasteiger partial charge in [-0.05, 0) is 66.4 Å². The van der Waals surface area contributed by atoms with Gasteiger partial charge in [0.2, 0.25) is 5.91 Å². The lowest BCUT2D eigenvalue weighted by Crippen LogP contribution is -2.61. The van der Waals surface area contributed by atoms with Gasteiger partial charge < -0.3 is 20.7 Å². The number of halogens is 6. The topological polar surface area (TPSA) is 79.5 Å². The van der Waals surface area contributed by atoms with Crippen LogP contribution in [0.25, 0.3) is 11.1 Å². The highest BCUT2D eigenvalue weighted by atomic mass is 19.4. The van der Waals surface area contributed by atoms with Gasteiger partial charge >= 0.3 is 18.4 Å². The lowest BCUT2D eigenvalue weighted by atomic mass is 9.87. The fourth-order valence-electron chi connectivity index (χ4n) is 5.37. The largest absolute Gasteiger partial charge is 0.449 e. The van der Waals surface area contributed by atoms with Gasteiger partial charge in [0.25, 0.3) is 0 Å². The molecule has 0 spiro atoms. The van der Waals surface area contributed by atoms with E-state index in [1.807, 2.05) is 48.5 Å². The smallest absolute Gasteiger partial charge is 0.416 e. The Kier molecular flexibility index (Phi) is 7.45. The van der Waals surface area contributed by atoms with E-state index in [-0.39, 0.29) is 44.5 Å². The monoisotopic (exact) mass is 577 g/mol. The first-order chi connectivity index (χ1) is 19.4. The van der Waals surface area contributed by atoms with Crippen molar-refractivity contribution in [3.63, 3.8) is 0 Å². The van der Waals surface area contributed by atoms with E-state index in [2.05, 4.69) is 16.0 Å². The number of ether oxygens (including phenoxy) is 1. The summed E-state index contributed by atoms with van der Waals surface area (Å²) in [4.78, 5) is 26.4. The molecule has 216 valence electrons. The van der Waals surface area contributed by atoms with E-state index in [0.29, 0.717) is 12.1 Å². The van der Waals surface area contributed by atoms with E-state index in [4.69, 9.17) is 4.74 Å². The Bertz CT molecular complexity index is 1390. The molecule has 0 aromatic heterocycles. The average Bonchev–Trinajstić information content (AvgIpc) is 3.25. The second kappa shape index (κ2) is 10.7. The van der Waals surface area contributed by atoms with Gasteiger partial charge in [-0.1, -0.05) is 48.5 Å². The van der Waals surface area contributed by atoms with Crippen molar-refractivity contribution in [2.45, 2.75) is 36.7 Å². The first kappa shape index (κ1) is 28.5. The molecule has 3 aromatic rings. The van der Waals surface area contributed by atoms with Crippen molar-refractivity contribution in [2.24, 2.45) is 0 Å². The van der Waals surface area contributed by atoms with Crippen molar-refractivity contribution in [3.05, 3.63) is 89.0 Å². The third-order valence-electron chi connectivity index (χ3n) is 7.42. The summed E-state index contributed by atoms with van der Waals surface area (Å²) in [6, 6.07) is 16.2. The van der Waals surface area contributed by atoms with E-state index in [0.717, 1.165) is 22.3 Å². The Hall–Kier alpha value is -4.06. The van der Waals surface area contributed by atoms with Crippen molar-refractivity contribution in [3.8, 4) is 11.1 Å². The van der Waals surface area contributed by atoms with Gasteiger partial charge in [-0.15, -0.1) is 0 Å². The van der Waals surface area contributed by atoms with Crippen LogP contribution in [0.3, 0.4) is 0 Å². The predicted molar refractivity (Wildman–Crippen MR) is 138 cm³/mol. The molecule has 1 saturated heterocycles. The van der Waals surface area contributed by atoms with Crippen molar-refractivity contribution in [2.75, 3.05) is 25.0 Å². The highest BCUT2D eigenvalue weighted by molar-refractivity contribution is 6.00. The molecule has 6 nitrogen and oxygen atoms in total. The van der Waals surface area contributed by atoms with E-state index in [1.165, 1.54) is 0 Å². The van der Waals surface area contributed by atoms with Crippen molar-refractivity contribution in [1.29, 1.82) is 0 Å². The van der Waals surface area contributed by atoms with Gasteiger partial charge in [-0.2, -0.15) is 26.3 Å². The first-order valence-electron chi connectivity index (χ1n) is 12.8. The number of carbonyl (C=O) groups excluding carboxylic acids is 2. The number of carbonyl (C=O) groups is 2. The SMILES string of the molecule is O=C(NC1(C(=O)Nc2cc(C(F)(F)F)cc(C(F)(F)F)c2)CCNCC1)OCC1c2ccccc2-c2ccccc21. The Morgan fingerprint density at radius 2 is 1.34 bits per heavy atom. The number of piperidine rings is 1. The van der Waals surface area contributed by atoms with Crippen LogP contribution < -0.4 is 16.0 Å². The maximum atomic E-state index is 13.4. The van der Waals surface area contributed by atoms with Crippen LogP contribution in [-0.4, -0.2) is 37.2 Å². The summed E-state index contributed by atoms with van der Waals surface area (Å²) >= 11 is 0. The van der Waals surface area contributed by atoms with Gasteiger partial charge in [-0.3, -0.25) is 4.79 Å². The molecule has 0 radical (unpaired) electrons. The third kappa shape index (κ3) is 5.88. The maximum Gasteiger partial charge on any atom is 0.416 e. The lowest BCUT2D eigenvalue weighted by molar-refractivity contribution is -0.143. The van der Waals surface area contributed by atoms with Crippen LogP contribution in [0.2, 0.25) is 0 Å². The van der Waals surface area contributed by atoms with Gasteiger partial charge in [-0.25, -0.2) is 4.79 Å². The number of hydrogen-bond donors (Lipinski definition) is 3. The zero-order chi connectivity index (χ0) is 29.4. The summed E-state index contributed by atoms with van der Waals surface area (Å²) in [7, 11) is 0. The number of benzene rings is 3. The highest BCUT2D eigenvalue weighted by Crippen LogP contribution is 2.44. The van der Waals surface area contributed by atoms with Gasteiger partial charge in [0.15, 0.2) is 0 Å². The minimum Gasteiger partial charge on any atom is -0.449 e. The van der Waals surface area contributed by atoms with Crippen LogP contribution in [0.5, 0.6) is 0 Å². The van der Waals surface area contributed by atoms with E-state index < -0.39 is 46.7 Å². The number of alkyl halides is 6. The van der Waals surface area contributed by atoms with Crippen LogP contribution in [-0.2, 0) is 21.9 Å². The fourth-order valence-corrected chi connectivity index (χ4v) is 5.37. The number of nitrogens with one attached hydrogen (secondary N) is 3. The highest BCUT2D eigenvalue weighted by Gasteiger charge is 2.43. The Labute approximate surface area is 231 Å². The van der Waals surface area contributed by atoms with Crippen LogP contribution in [0, 0.1) is 0 Å². The quantitative estimate of drug-likeness (QED) is 0.310. The molecule has 0 bridgehead atoms. The summed E-state index contributed by atoms with van der Waals surface area (Å²) in [5, 5.41) is 7.74. The van der Waals surface area contributed by atoms with E-state index in [1.54, 1.807) is 0 Å². The van der Waals surface area contributed by atoms with Crippen molar-refractivity contribution < 1.29 is 40.7 Å². The van der Waals surface area contributed by atoms with Crippen LogP contribution in [0.4, 0.5) is 36.8 Å². The molecule has 3 aromatic carbocycles.